The zero-order valence-corrected chi connectivity index (χ0v) is 20.4. The average molecular weight is 489 g/mol. The van der Waals surface area contributed by atoms with Crippen LogP contribution in [0.4, 0.5) is 10.5 Å². The van der Waals surface area contributed by atoms with Crippen LogP contribution < -0.4 is 11.1 Å². The number of carbonyl (C=O) groups excluding carboxylic acids is 2. The van der Waals surface area contributed by atoms with Crippen molar-refractivity contribution >= 4 is 17.6 Å². The summed E-state index contributed by atoms with van der Waals surface area (Å²) in [7, 11) is 0. The zero-order valence-electron chi connectivity index (χ0n) is 20.4. The summed E-state index contributed by atoms with van der Waals surface area (Å²) in [5.74, 6) is -0.463. The van der Waals surface area contributed by atoms with Crippen molar-refractivity contribution in [1.82, 2.24) is 9.80 Å². The SMILES string of the molecule is NC(=O)c1cccc(-c2cccc(NC(=O)N3CCN(C4c5ccccc5-c5ccccc54)CC3)c2)c1. The molecule has 6 nitrogen and oxygen atoms in total. The summed E-state index contributed by atoms with van der Waals surface area (Å²) in [5.41, 5.74) is 13.7. The van der Waals surface area contributed by atoms with E-state index in [0.29, 0.717) is 24.3 Å². The number of piperazine rings is 1. The summed E-state index contributed by atoms with van der Waals surface area (Å²) in [6, 6.07) is 32.2. The van der Waals surface area contributed by atoms with E-state index in [9.17, 15) is 9.59 Å². The van der Waals surface area contributed by atoms with Gasteiger partial charge in [0.2, 0.25) is 5.91 Å². The molecule has 1 saturated heterocycles. The van der Waals surface area contributed by atoms with Crippen molar-refractivity contribution in [1.29, 1.82) is 0 Å². The van der Waals surface area contributed by atoms with Crippen molar-refractivity contribution in [3.8, 4) is 22.3 Å². The van der Waals surface area contributed by atoms with E-state index in [2.05, 4.69) is 58.7 Å². The van der Waals surface area contributed by atoms with Gasteiger partial charge in [-0.05, 0) is 57.6 Å². The summed E-state index contributed by atoms with van der Waals surface area (Å²) in [5, 5.41) is 3.05. The highest BCUT2D eigenvalue weighted by Crippen LogP contribution is 2.46. The van der Waals surface area contributed by atoms with Crippen molar-refractivity contribution in [2.45, 2.75) is 6.04 Å². The minimum atomic E-state index is -0.463. The Labute approximate surface area is 216 Å². The van der Waals surface area contributed by atoms with E-state index in [1.807, 2.05) is 35.2 Å². The van der Waals surface area contributed by atoms with Crippen molar-refractivity contribution in [2.75, 3.05) is 31.5 Å². The largest absolute Gasteiger partial charge is 0.366 e. The molecule has 3 N–H and O–H groups in total. The predicted octanol–water partition coefficient (Wildman–Crippen LogP) is 5.37. The number of rotatable bonds is 4. The van der Waals surface area contributed by atoms with Gasteiger partial charge in [0.1, 0.15) is 0 Å². The highest BCUT2D eigenvalue weighted by Gasteiger charge is 2.34. The first-order chi connectivity index (χ1) is 18.1. The maximum Gasteiger partial charge on any atom is 0.321 e. The molecule has 2 aliphatic rings. The van der Waals surface area contributed by atoms with Gasteiger partial charge in [-0.2, -0.15) is 0 Å². The van der Waals surface area contributed by atoms with Gasteiger partial charge in [0.15, 0.2) is 0 Å². The molecule has 1 aliphatic heterocycles. The summed E-state index contributed by atoms with van der Waals surface area (Å²) in [6.07, 6.45) is 0. The highest BCUT2D eigenvalue weighted by atomic mass is 16.2. The molecule has 1 heterocycles. The molecule has 0 radical (unpaired) electrons. The predicted molar refractivity (Wildman–Crippen MR) is 146 cm³/mol. The monoisotopic (exact) mass is 488 g/mol. The molecule has 4 aromatic carbocycles. The van der Waals surface area contributed by atoms with Crippen LogP contribution in [0.15, 0.2) is 97.1 Å². The number of carbonyl (C=O) groups is 2. The van der Waals surface area contributed by atoms with Crippen LogP contribution in [0.2, 0.25) is 0 Å². The van der Waals surface area contributed by atoms with Crippen molar-refractivity contribution in [2.24, 2.45) is 5.73 Å². The Kier molecular flexibility index (Phi) is 5.94. The molecule has 3 amide bonds. The Morgan fingerprint density at radius 1 is 0.703 bits per heavy atom. The van der Waals surface area contributed by atoms with Crippen LogP contribution in [0.1, 0.15) is 27.5 Å². The molecule has 0 unspecified atom stereocenters. The van der Waals surface area contributed by atoms with Gasteiger partial charge in [0.25, 0.3) is 0 Å². The quantitative estimate of drug-likeness (QED) is 0.405. The van der Waals surface area contributed by atoms with Crippen LogP contribution in [0.25, 0.3) is 22.3 Å². The third-order valence-electron chi connectivity index (χ3n) is 7.36. The van der Waals surface area contributed by atoms with E-state index in [1.54, 1.807) is 18.2 Å². The van der Waals surface area contributed by atoms with Gasteiger partial charge in [-0.15, -0.1) is 0 Å². The topological polar surface area (TPSA) is 78.7 Å². The first-order valence-electron chi connectivity index (χ1n) is 12.6. The highest BCUT2D eigenvalue weighted by molar-refractivity contribution is 5.94. The lowest BCUT2D eigenvalue weighted by atomic mass is 10.0. The maximum absolute atomic E-state index is 13.1. The normalized spacial score (nSPS) is 15.2. The number of fused-ring (bicyclic) bond motifs is 3. The van der Waals surface area contributed by atoms with Crippen LogP contribution in [-0.4, -0.2) is 47.9 Å². The minimum Gasteiger partial charge on any atom is -0.366 e. The van der Waals surface area contributed by atoms with Gasteiger partial charge in [-0.1, -0.05) is 72.8 Å². The van der Waals surface area contributed by atoms with Crippen LogP contribution >= 0.6 is 0 Å². The second-order valence-corrected chi connectivity index (χ2v) is 9.56. The molecule has 1 fully saturated rings. The molecule has 0 aromatic heterocycles. The molecular weight excluding hydrogens is 460 g/mol. The number of nitrogens with zero attached hydrogens (tertiary/aromatic N) is 2. The summed E-state index contributed by atoms with van der Waals surface area (Å²) in [6.45, 7) is 2.93. The molecule has 1 aliphatic carbocycles. The summed E-state index contributed by atoms with van der Waals surface area (Å²) < 4.78 is 0. The van der Waals surface area contributed by atoms with Gasteiger partial charge in [-0.25, -0.2) is 4.79 Å². The third kappa shape index (κ3) is 4.36. The number of amides is 3. The summed E-state index contributed by atoms with van der Waals surface area (Å²) in [4.78, 5) is 29.0. The van der Waals surface area contributed by atoms with Crippen molar-refractivity contribution in [3.63, 3.8) is 0 Å². The summed E-state index contributed by atoms with van der Waals surface area (Å²) >= 11 is 0. The fourth-order valence-corrected chi connectivity index (χ4v) is 5.54. The smallest absolute Gasteiger partial charge is 0.321 e. The first-order valence-corrected chi connectivity index (χ1v) is 12.6. The molecule has 184 valence electrons. The van der Waals surface area contributed by atoms with Gasteiger partial charge in [0, 0.05) is 37.4 Å². The number of hydrogen-bond acceptors (Lipinski definition) is 3. The number of benzene rings is 4. The lowest BCUT2D eigenvalue weighted by molar-refractivity contribution is 0.1000. The third-order valence-corrected chi connectivity index (χ3v) is 7.36. The molecule has 0 spiro atoms. The number of hydrogen-bond donors (Lipinski definition) is 2. The molecule has 0 atom stereocenters. The zero-order chi connectivity index (χ0) is 25.4. The Balaban J connectivity index is 1.13. The molecule has 6 heteroatoms. The molecule has 37 heavy (non-hydrogen) atoms. The average Bonchev–Trinajstić information content (AvgIpc) is 3.28. The standard InChI is InChI=1S/C31H28N4O2/c32-30(36)23-9-5-7-21(19-23)22-8-6-10-24(20-22)33-31(37)35-17-15-34(16-18-35)29-27-13-3-1-11-25(27)26-12-2-4-14-28(26)29/h1-14,19-20,29H,15-18H2,(H2,32,36)(H,33,37). The molecule has 4 aromatic rings. The Hall–Kier alpha value is -4.42. The minimum absolute atomic E-state index is 0.102. The number of urea groups is 1. The van der Waals surface area contributed by atoms with Crippen molar-refractivity contribution in [3.05, 3.63) is 114 Å². The van der Waals surface area contributed by atoms with E-state index in [-0.39, 0.29) is 12.1 Å². The van der Waals surface area contributed by atoms with E-state index >= 15 is 0 Å². The second kappa shape index (κ2) is 9.56. The van der Waals surface area contributed by atoms with Crippen LogP contribution in [0.5, 0.6) is 0 Å². The van der Waals surface area contributed by atoms with Gasteiger partial charge in [0.05, 0.1) is 6.04 Å². The fraction of sp³-hybridized carbons (Fsp3) is 0.161. The maximum atomic E-state index is 13.1. The van der Waals surface area contributed by atoms with Crippen LogP contribution in [0, 0.1) is 0 Å². The van der Waals surface area contributed by atoms with Crippen LogP contribution in [-0.2, 0) is 0 Å². The Morgan fingerprint density at radius 3 is 1.95 bits per heavy atom. The first kappa shape index (κ1) is 23.0. The van der Waals surface area contributed by atoms with Gasteiger partial charge in [-0.3, -0.25) is 9.69 Å². The Morgan fingerprint density at radius 2 is 1.30 bits per heavy atom. The molecule has 0 saturated carbocycles. The van der Waals surface area contributed by atoms with Crippen molar-refractivity contribution < 1.29 is 9.59 Å². The number of nitrogens with one attached hydrogen (secondary N) is 1. The lowest BCUT2D eigenvalue weighted by Crippen LogP contribution is -2.50. The van der Waals surface area contributed by atoms with Crippen LogP contribution in [0.3, 0.4) is 0 Å². The number of anilines is 1. The number of primary amides is 1. The lowest BCUT2D eigenvalue weighted by Gasteiger charge is -2.38. The molecule has 0 bridgehead atoms. The van der Waals surface area contributed by atoms with E-state index < -0.39 is 5.91 Å². The van der Waals surface area contributed by atoms with E-state index in [4.69, 9.17) is 5.73 Å². The van der Waals surface area contributed by atoms with E-state index in [1.165, 1.54) is 22.3 Å². The molecule has 6 rings (SSSR count). The van der Waals surface area contributed by atoms with Gasteiger partial charge >= 0.3 is 6.03 Å². The Bertz CT molecular complexity index is 1440. The van der Waals surface area contributed by atoms with E-state index in [0.717, 1.165) is 24.2 Å². The molecular formula is C31H28N4O2. The fourth-order valence-electron chi connectivity index (χ4n) is 5.54. The second-order valence-electron chi connectivity index (χ2n) is 9.56. The van der Waals surface area contributed by atoms with Gasteiger partial charge < -0.3 is 16.0 Å². The number of nitrogens with two attached hydrogens (primary N) is 1.